The van der Waals surface area contributed by atoms with Gasteiger partial charge in [-0.3, -0.25) is 9.59 Å². The van der Waals surface area contributed by atoms with Crippen LogP contribution in [-0.2, 0) is 14.3 Å². The quantitative estimate of drug-likeness (QED) is 0.545. The number of nitrogens with zero attached hydrogens (tertiary/aromatic N) is 2. The third kappa shape index (κ3) is 4.41. The number of hydrogen-bond donors (Lipinski definition) is 1. The number of nitrogens with one attached hydrogen (secondary N) is 1. The Kier molecular flexibility index (Phi) is 5.85. The topological polar surface area (TPSA) is 79.0 Å². The van der Waals surface area contributed by atoms with Gasteiger partial charge in [-0.05, 0) is 40.8 Å². The summed E-state index contributed by atoms with van der Waals surface area (Å²) in [5.41, 5.74) is -0.650. The Morgan fingerprint density at radius 3 is 2.63 bits per heavy atom. The normalized spacial score (nSPS) is 25.7. The number of fused-ring (bicyclic) bond motifs is 1. The van der Waals surface area contributed by atoms with Crippen molar-refractivity contribution in [1.29, 1.82) is 0 Å². The Bertz CT molecular complexity index is 692. The van der Waals surface area contributed by atoms with Gasteiger partial charge in [0.2, 0.25) is 5.91 Å². The van der Waals surface area contributed by atoms with Crippen molar-refractivity contribution in [2.75, 3.05) is 13.1 Å². The minimum atomic E-state index is -0.692. The second-order valence-corrected chi connectivity index (χ2v) is 9.91. The summed E-state index contributed by atoms with van der Waals surface area (Å²) < 4.78 is 4.75. The van der Waals surface area contributed by atoms with Crippen LogP contribution >= 0.6 is 11.8 Å². The average Bonchev–Trinajstić information content (AvgIpc) is 2.78. The van der Waals surface area contributed by atoms with Crippen LogP contribution < -0.4 is 5.32 Å². The first-order valence-electron chi connectivity index (χ1n) is 8.73. The Hall–Kier alpha value is -2.14. The molecule has 8 heteroatoms. The third-order valence-electron chi connectivity index (χ3n) is 4.33. The number of ketones is 1. The number of terminal acetylenes is 1. The second kappa shape index (κ2) is 7.47. The van der Waals surface area contributed by atoms with Crippen LogP contribution in [0.4, 0.5) is 4.79 Å². The second-order valence-electron chi connectivity index (χ2n) is 8.14. The maximum atomic E-state index is 12.9. The third-order valence-corrected chi connectivity index (χ3v) is 5.90. The summed E-state index contributed by atoms with van der Waals surface area (Å²) in [6.07, 6.45) is 6.19. The molecule has 0 aromatic carbocycles. The van der Waals surface area contributed by atoms with Crippen molar-refractivity contribution in [2.45, 2.75) is 62.4 Å². The molecule has 2 heterocycles. The van der Waals surface area contributed by atoms with Gasteiger partial charge in [-0.2, -0.15) is 0 Å². The van der Waals surface area contributed by atoms with Gasteiger partial charge >= 0.3 is 6.09 Å². The molecule has 2 amide bonds. The number of rotatable bonds is 6. The summed E-state index contributed by atoms with van der Waals surface area (Å²) in [5, 5.41) is 2.33. The summed E-state index contributed by atoms with van der Waals surface area (Å²) >= 11 is 1.50. The molecule has 0 aliphatic carbocycles. The van der Waals surface area contributed by atoms with Crippen LogP contribution in [0, 0.1) is 12.3 Å². The maximum absolute atomic E-state index is 12.9. The fourth-order valence-corrected chi connectivity index (χ4v) is 4.95. The number of hydrogen-bond acceptors (Lipinski definition) is 6. The van der Waals surface area contributed by atoms with E-state index in [0.29, 0.717) is 0 Å². The van der Waals surface area contributed by atoms with Crippen molar-refractivity contribution < 1.29 is 19.1 Å². The highest BCUT2D eigenvalue weighted by Crippen LogP contribution is 2.51. The first-order valence-corrected chi connectivity index (χ1v) is 9.61. The van der Waals surface area contributed by atoms with Crippen LogP contribution in [0.3, 0.4) is 0 Å². The van der Waals surface area contributed by atoms with E-state index < -0.39 is 28.5 Å². The number of alkyl carbamates (subject to hydrolysis) is 1. The lowest BCUT2D eigenvalue weighted by atomic mass is 9.92. The van der Waals surface area contributed by atoms with Gasteiger partial charge in [0.1, 0.15) is 23.1 Å². The number of β-lactam (4-membered cyclic amide) rings is 1. The van der Waals surface area contributed by atoms with Crippen molar-refractivity contribution in [3.63, 3.8) is 0 Å². The highest BCUT2D eigenvalue weighted by molar-refractivity contribution is 8.01. The minimum absolute atomic E-state index is 0.0863. The fourth-order valence-electron chi connectivity index (χ4n) is 3.30. The molecule has 0 radical (unpaired) electrons. The number of amides is 2. The lowest BCUT2D eigenvalue weighted by molar-refractivity contribution is -0.153. The van der Waals surface area contributed by atoms with Crippen molar-refractivity contribution >= 4 is 29.5 Å². The molecular weight excluding hydrogens is 366 g/mol. The van der Waals surface area contributed by atoms with E-state index in [1.807, 2.05) is 13.8 Å². The number of ether oxygens (including phenoxy) is 1. The zero-order valence-electron chi connectivity index (χ0n) is 16.4. The van der Waals surface area contributed by atoms with E-state index in [2.05, 4.69) is 17.8 Å². The van der Waals surface area contributed by atoms with Crippen LogP contribution in [0.2, 0.25) is 0 Å². The molecule has 0 spiro atoms. The van der Waals surface area contributed by atoms with Gasteiger partial charge in [-0.15, -0.1) is 18.2 Å². The van der Waals surface area contributed by atoms with Crippen molar-refractivity contribution in [3.05, 3.63) is 12.8 Å². The Morgan fingerprint density at radius 2 is 2.11 bits per heavy atom. The van der Waals surface area contributed by atoms with Gasteiger partial charge in [0.05, 0.1) is 13.1 Å². The van der Waals surface area contributed by atoms with E-state index >= 15 is 0 Å². The Morgan fingerprint density at radius 1 is 1.48 bits per heavy atom. The van der Waals surface area contributed by atoms with E-state index in [9.17, 15) is 14.4 Å². The molecule has 0 aromatic heterocycles. The predicted molar refractivity (Wildman–Crippen MR) is 105 cm³/mol. The predicted octanol–water partition coefficient (Wildman–Crippen LogP) is 1.59. The van der Waals surface area contributed by atoms with Gasteiger partial charge in [-0.25, -0.2) is 4.79 Å². The summed E-state index contributed by atoms with van der Waals surface area (Å²) in [6, 6.07) is -1.28. The molecule has 27 heavy (non-hydrogen) atoms. The van der Waals surface area contributed by atoms with Crippen molar-refractivity contribution in [1.82, 2.24) is 15.1 Å². The molecule has 0 aromatic rings. The van der Waals surface area contributed by atoms with Gasteiger partial charge in [0.15, 0.2) is 5.78 Å². The summed E-state index contributed by atoms with van der Waals surface area (Å²) in [4.78, 5) is 40.7. The Labute approximate surface area is 164 Å². The van der Waals surface area contributed by atoms with Gasteiger partial charge in [-0.1, -0.05) is 12.5 Å². The summed E-state index contributed by atoms with van der Waals surface area (Å²) in [6.45, 7) is 13.1. The van der Waals surface area contributed by atoms with Crippen molar-refractivity contribution in [2.24, 2.45) is 0 Å². The molecule has 2 rings (SSSR count). The highest BCUT2D eigenvalue weighted by Gasteiger charge is 2.63. The summed E-state index contributed by atoms with van der Waals surface area (Å²) in [7, 11) is 0. The number of thioether (sulfide) groups is 1. The molecule has 0 saturated carbocycles. The summed E-state index contributed by atoms with van der Waals surface area (Å²) in [5.74, 6) is 2.10. The zero-order valence-corrected chi connectivity index (χ0v) is 17.3. The minimum Gasteiger partial charge on any atom is -0.444 e. The molecule has 7 nitrogen and oxygen atoms in total. The van der Waals surface area contributed by atoms with Crippen LogP contribution in [0.5, 0.6) is 0 Å². The highest BCUT2D eigenvalue weighted by atomic mass is 32.2. The van der Waals surface area contributed by atoms with E-state index in [-0.39, 0.29) is 30.2 Å². The molecule has 2 saturated heterocycles. The van der Waals surface area contributed by atoms with Gasteiger partial charge in [0, 0.05) is 4.75 Å². The molecule has 2 aliphatic heterocycles. The first kappa shape index (κ1) is 21.2. The molecule has 2 fully saturated rings. The first-order chi connectivity index (χ1) is 12.4. The fraction of sp³-hybridized carbons (Fsp3) is 0.632. The Balaban J connectivity index is 2.09. The number of Topliss-reactive ketones (excluding diaryl/α,β-unsaturated/α-hetero) is 1. The molecule has 0 bridgehead atoms. The van der Waals surface area contributed by atoms with Gasteiger partial charge < -0.3 is 19.9 Å². The molecule has 1 N–H and O–H groups in total. The molecule has 0 unspecified atom stereocenters. The standard InChI is InChI=1S/C19H27N3O4S/c1-8-10-21(9-2)11-12(23)14-19(6,7)27-16-13(15(24)22(14)16)20-17(25)26-18(3,4)5/h1,9,13-14,16H,2,10-11H2,3-7H3,(H,20,25)/t13-,14+,16-/m1/s1. The average molecular weight is 394 g/mol. The lowest BCUT2D eigenvalue weighted by Gasteiger charge is -2.44. The smallest absolute Gasteiger partial charge is 0.408 e. The zero-order chi connectivity index (χ0) is 20.6. The molecule has 2 aliphatic rings. The van der Waals surface area contributed by atoms with E-state index in [1.54, 1.807) is 30.6 Å². The van der Waals surface area contributed by atoms with E-state index in [4.69, 9.17) is 11.2 Å². The monoisotopic (exact) mass is 393 g/mol. The van der Waals surface area contributed by atoms with E-state index in [0.717, 1.165) is 0 Å². The van der Waals surface area contributed by atoms with Gasteiger partial charge in [0.25, 0.3) is 0 Å². The van der Waals surface area contributed by atoms with Crippen LogP contribution in [0.15, 0.2) is 12.8 Å². The van der Waals surface area contributed by atoms with Crippen LogP contribution in [0.25, 0.3) is 0 Å². The molecule has 148 valence electrons. The van der Waals surface area contributed by atoms with Crippen LogP contribution in [-0.4, -0.2) is 68.5 Å². The van der Waals surface area contributed by atoms with Crippen LogP contribution in [0.1, 0.15) is 34.6 Å². The molecular formula is C19H27N3O4S. The largest absolute Gasteiger partial charge is 0.444 e. The number of carbonyl (C=O) groups excluding carboxylic acids is 3. The van der Waals surface area contributed by atoms with E-state index in [1.165, 1.54) is 18.0 Å². The molecule has 3 atom stereocenters. The maximum Gasteiger partial charge on any atom is 0.408 e. The van der Waals surface area contributed by atoms with Crippen molar-refractivity contribution in [3.8, 4) is 12.3 Å². The SMILES string of the molecule is C#CCN(C=C)CC(=O)[C@@H]1N2C(=O)[C@@H](NC(=O)OC(C)(C)C)[C@H]2SC1(C)C. The lowest BCUT2D eigenvalue weighted by Crippen LogP contribution is -2.71. The number of carbonyl (C=O) groups is 3.